The minimum absolute atomic E-state index is 0.0651. The first-order valence-corrected chi connectivity index (χ1v) is 9.25. The maximum atomic E-state index is 11.3. The fourth-order valence-corrected chi connectivity index (χ4v) is 3.05. The molecule has 128 valence electrons. The molecule has 9 heteroatoms. The van der Waals surface area contributed by atoms with E-state index in [1.54, 1.807) is 18.3 Å². The van der Waals surface area contributed by atoms with Gasteiger partial charge in [-0.3, -0.25) is 0 Å². The third-order valence-electron chi connectivity index (χ3n) is 3.79. The third-order valence-corrected chi connectivity index (χ3v) is 4.71. The molecule has 24 heavy (non-hydrogen) atoms. The molecule has 1 aromatic heterocycles. The van der Waals surface area contributed by atoms with E-state index in [4.69, 9.17) is 5.14 Å². The molecule has 1 fully saturated rings. The van der Waals surface area contributed by atoms with E-state index in [9.17, 15) is 8.42 Å². The van der Waals surface area contributed by atoms with Crippen molar-refractivity contribution in [3.8, 4) is 0 Å². The quantitative estimate of drug-likeness (QED) is 0.636. The van der Waals surface area contributed by atoms with Gasteiger partial charge >= 0.3 is 0 Å². The molecule has 0 unspecified atom stereocenters. The first kappa shape index (κ1) is 16.6. The molecule has 0 aliphatic carbocycles. The van der Waals surface area contributed by atoms with Gasteiger partial charge in [-0.15, -0.1) is 0 Å². The average molecular weight is 348 g/mol. The summed E-state index contributed by atoms with van der Waals surface area (Å²) in [6.45, 7) is 2.01. The molecule has 1 saturated heterocycles. The van der Waals surface area contributed by atoms with Crippen molar-refractivity contribution in [3.63, 3.8) is 0 Å². The maximum absolute atomic E-state index is 11.3. The Kier molecular flexibility index (Phi) is 4.93. The highest BCUT2D eigenvalue weighted by atomic mass is 32.2. The lowest BCUT2D eigenvalue weighted by molar-refractivity contribution is 0.478. The van der Waals surface area contributed by atoms with Crippen LogP contribution in [0.1, 0.15) is 12.8 Å². The largest absolute Gasteiger partial charge is 0.367 e. The number of aromatic nitrogens is 2. The second-order valence-electron chi connectivity index (χ2n) is 5.63. The van der Waals surface area contributed by atoms with Crippen LogP contribution in [0.25, 0.3) is 0 Å². The normalized spacial score (nSPS) is 15.9. The highest BCUT2D eigenvalue weighted by molar-refractivity contribution is 7.89. The number of nitrogens with zero attached hydrogens (tertiary/aromatic N) is 2. The molecule has 1 aliphatic heterocycles. The number of primary sulfonamides is 1. The number of nitrogens with one attached hydrogen (secondary N) is 3. The smallest absolute Gasteiger partial charge is 0.238 e. The maximum Gasteiger partial charge on any atom is 0.238 e. The topological polar surface area (TPSA) is 122 Å². The number of nitrogens with two attached hydrogens (primary N) is 1. The van der Waals surface area contributed by atoms with Gasteiger partial charge in [0.15, 0.2) is 0 Å². The van der Waals surface area contributed by atoms with Crippen molar-refractivity contribution in [2.24, 2.45) is 5.14 Å². The summed E-state index contributed by atoms with van der Waals surface area (Å²) in [5.41, 5.74) is 0.682. The van der Waals surface area contributed by atoms with E-state index in [1.807, 2.05) is 6.07 Å². The van der Waals surface area contributed by atoms with E-state index in [-0.39, 0.29) is 4.90 Å². The average Bonchev–Trinajstić information content (AvgIpc) is 2.56. The van der Waals surface area contributed by atoms with Crippen molar-refractivity contribution in [3.05, 3.63) is 36.5 Å². The third kappa shape index (κ3) is 4.40. The fourth-order valence-electron chi connectivity index (χ4n) is 2.53. The van der Waals surface area contributed by atoms with Crippen LogP contribution in [0.5, 0.6) is 0 Å². The van der Waals surface area contributed by atoms with Crippen molar-refractivity contribution < 1.29 is 8.42 Å². The van der Waals surface area contributed by atoms with Gasteiger partial charge in [0, 0.05) is 17.9 Å². The molecule has 0 amide bonds. The SMILES string of the molecule is NS(=O)(=O)c1ccc(Nc2nccc(NC3CCNCC3)n2)cc1. The van der Waals surface area contributed by atoms with Gasteiger partial charge in [-0.05, 0) is 56.3 Å². The molecule has 0 radical (unpaired) electrons. The van der Waals surface area contributed by atoms with Gasteiger partial charge in [0.05, 0.1) is 4.90 Å². The first-order chi connectivity index (χ1) is 11.5. The summed E-state index contributed by atoms with van der Waals surface area (Å²) < 4.78 is 22.5. The lowest BCUT2D eigenvalue weighted by Crippen LogP contribution is -2.35. The lowest BCUT2D eigenvalue weighted by Gasteiger charge is -2.24. The van der Waals surface area contributed by atoms with E-state index in [2.05, 4.69) is 25.9 Å². The summed E-state index contributed by atoms with van der Waals surface area (Å²) >= 11 is 0. The molecule has 0 atom stereocenters. The van der Waals surface area contributed by atoms with Crippen LogP contribution >= 0.6 is 0 Å². The van der Waals surface area contributed by atoms with E-state index >= 15 is 0 Å². The van der Waals surface area contributed by atoms with Crippen LogP contribution in [0.3, 0.4) is 0 Å². The summed E-state index contributed by atoms with van der Waals surface area (Å²) in [5, 5.41) is 14.9. The number of piperidine rings is 1. The van der Waals surface area contributed by atoms with Crippen LogP contribution in [0.2, 0.25) is 0 Å². The standard InChI is InChI=1S/C15H20N6O2S/c16-24(22,23)13-3-1-11(2-4-13)20-15-18-10-7-14(21-15)19-12-5-8-17-9-6-12/h1-4,7,10,12,17H,5-6,8-9H2,(H2,16,22,23)(H2,18,19,20,21). The Morgan fingerprint density at radius 1 is 1.12 bits per heavy atom. The van der Waals surface area contributed by atoms with Gasteiger partial charge in [-0.2, -0.15) is 4.98 Å². The Morgan fingerprint density at radius 2 is 1.83 bits per heavy atom. The first-order valence-electron chi connectivity index (χ1n) is 7.71. The Balaban J connectivity index is 1.67. The summed E-state index contributed by atoms with van der Waals surface area (Å²) in [6.07, 6.45) is 3.79. The number of sulfonamides is 1. The fraction of sp³-hybridized carbons (Fsp3) is 0.333. The minimum atomic E-state index is -3.69. The van der Waals surface area contributed by atoms with Crippen molar-refractivity contribution in [2.45, 2.75) is 23.8 Å². The van der Waals surface area contributed by atoms with E-state index < -0.39 is 10.0 Å². The Hall–Kier alpha value is -2.23. The molecule has 0 saturated carbocycles. The van der Waals surface area contributed by atoms with E-state index in [0.717, 1.165) is 31.7 Å². The molecular weight excluding hydrogens is 328 g/mol. The highest BCUT2D eigenvalue weighted by Crippen LogP contribution is 2.18. The lowest BCUT2D eigenvalue weighted by atomic mass is 10.1. The summed E-state index contributed by atoms with van der Waals surface area (Å²) in [4.78, 5) is 8.68. The minimum Gasteiger partial charge on any atom is -0.367 e. The molecular formula is C15H20N6O2S. The molecule has 5 N–H and O–H groups in total. The van der Waals surface area contributed by atoms with Crippen LogP contribution in [-0.4, -0.2) is 37.5 Å². The number of hydrogen-bond acceptors (Lipinski definition) is 7. The van der Waals surface area contributed by atoms with Crippen molar-refractivity contribution >= 4 is 27.5 Å². The van der Waals surface area contributed by atoms with Crippen molar-refractivity contribution in [1.29, 1.82) is 0 Å². The van der Waals surface area contributed by atoms with Gasteiger partial charge in [-0.25, -0.2) is 18.5 Å². The predicted molar refractivity (Wildman–Crippen MR) is 92.6 cm³/mol. The van der Waals surface area contributed by atoms with Crippen molar-refractivity contribution in [1.82, 2.24) is 15.3 Å². The number of anilines is 3. The van der Waals surface area contributed by atoms with Crippen LogP contribution in [0.4, 0.5) is 17.5 Å². The van der Waals surface area contributed by atoms with Gasteiger partial charge in [0.1, 0.15) is 5.82 Å². The van der Waals surface area contributed by atoms with Gasteiger partial charge in [0.25, 0.3) is 0 Å². The van der Waals surface area contributed by atoms with Crippen LogP contribution in [0, 0.1) is 0 Å². The van der Waals surface area contributed by atoms with Gasteiger partial charge in [-0.1, -0.05) is 0 Å². The second-order valence-corrected chi connectivity index (χ2v) is 7.19. The zero-order valence-corrected chi connectivity index (χ0v) is 13.9. The monoisotopic (exact) mass is 348 g/mol. The van der Waals surface area contributed by atoms with E-state index in [1.165, 1.54) is 12.1 Å². The summed E-state index contributed by atoms with van der Waals surface area (Å²) in [6, 6.07) is 8.36. The molecule has 0 bridgehead atoms. The highest BCUT2D eigenvalue weighted by Gasteiger charge is 2.13. The second kappa shape index (κ2) is 7.12. The van der Waals surface area contributed by atoms with Crippen LogP contribution in [0.15, 0.2) is 41.4 Å². The summed E-state index contributed by atoms with van der Waals surface area (Å²) in [5.74, 6) is 1.21. The molecule has 8 nitrogen and oxygen atoms in total. The predicted octanol–water partition coefficient (Wildman–Crippen LogP) is 1.03. The Labute approximate surface area is 140 Å². The molecule has 1 aromatic carbocycles. The van der Waals surface area contributed by atoms with E-state index in [0.29, 0.717) is 17.7 Å². The van der Waals surface area contributed by atoms with Crippen LogP contribution < -0.4 is 21.1 Å². The number of rotatable bonds is 5. The summed E-state index contributed by atoms with van der Waals surface area (Å²) in [7, 11) is -3.69. The molecule has 2 aromatic rings. The zero-order valence-electron chi connectivity index (χ0n) is 13.1. The van der Waals surface area contributed by atoms with Gasteiger partial charge < -0.3 is 16.0 Å². The molecule has 2 heterocycles. The Morgan fingerprint density at radius 3 is 2.50 bits per heavy atom. The number of hydrogen-bond donors (Lipinski definition) is 4. The van der Waals surface area contributed by atoms with Crippen molar-refractivity contribution in [2.75, 3.05) is 23.7 Å². The van der Waals surface area contributed by atoms with Gasteiger partial charge in [0.2, 0.25) is 16.0 Å². The zero-order chi connectivity index (χ0) is 17.0. The molecule has 1 aliphatic rings. The Bertz CT molecular complexity index is 788. The number of benzene rings is 1. The molecule has 0 spiro atoms. The van der Waals surface area contributed by atoms with Crippen LogP contribution in [-0.2, 0) is 10.0 Å². The molecule has 3 rings (SSSR count).